The first-order valence-corrected chi connectivity index (χ1v) is 6.99. The average molecular weight is 298 g/mol. The van der Waals surface area contributed by atoms with Crippen molar-refractivity contribution in [3.8, 4) is 5.69 Å². The first kappa shape index (κ1) is 14.8. The Hall–Kier alpha value is -1.59. The largest absolute Gasteiger partial charge is 0.390 e. The van der Waals surface area contributed by atoms with E-state index in [9.17, 15) is 9.50 Å². The van der Waals surface area contributed by atoms with E-state index in [0.717, 1.165) is 12.2 Å². The number of nitrogens with one attached hydrogen (secondary N) is 1. The van der Waals surface area contributed by atoms with Crippen molar-refractivity contribution in [2.24, 2.45) is 0 Å². The minimum atomic E-state index is -0.653. The van der Waals surface area contributed by atoms with Crippen molar-refractivity contribution < 1.29 is 9.50 Å². The van der Waals surface area contributed by atoms with Gasteiger partial charge in [0, 0.05) is 31.0 Å². The zero-order chi connectivity index (χ0) is 14.5. The molecule has 0 radical (unpaired) electrons. The molecule has 20 heavy (non-hydrogen) atoms. The second kappa shape index (κ2) is 6.72. The van der Waals surface area contributed by atoms with Crippen LogP contribution in [0.25, 0.3) is 5.69 Å². The predicted molar refractivity (Wildman–Crippen MR) is 78.1 cm³/mol. The maximum Gasteiger partial charge on any atom is 0.149 e. The Morgan fingerprint density at radius 3 is 2.95 bits per heavy atom. The van der Waals surface area contributed by atoms with Crippen LogP contribution in [0.1, 0.15) is 12.7 Å². The smallest absolute Gasteiger partial charge is 0.149 e. The van der Waals surface area contributed by atoms with Gasteiger partial charge in [-0.05, 0) is 18.2 Å². The summed E-state index contributed by atoms with van der Waals surface area (Å²) >= 11 is 5.50. The molecule has 2 rings (SSSR count). The molecule has 108 valence electrons. The fourth-order valence-corrected chi connectivity index (χ4v) is 2.03. The third-order valence-electron chi connectivity index (χ3n) is 2.96. The molecule has 0 amide bonds. The van der Waals surface area contributed by atoms with Gasteiger partial charge in [-0.15, -0.1) is 11.6 Å². The quantitative estimate of drug-likeness (QED) is 0.806. The predicted octanol–water partition coefficient (Wildman–Crippen LogP) is 2.59. The zero-order valence-corrected chi connectivity index (χ0v) is 11.9. The van der Waals surface area contributed by atoms with Crippen LogP contribution in [-0.2, 0) is 6.42 Å². The van der Waals surface area contributed by atoms with E-state index in [0.29, 0.717) is 11.4 Å². The van der Waals surface area contributed by atoms with Crippen molar-refractivity contribution in [1.82, 2.24) is 9.55 Å². The molecule has 0 aliphatic rings. The molecule has 1 heterocycles. The van der Waals surface area contributed by atoms with Gasteiger partial charge in [0.15, 0.2) is 0 Å². The third kappa shape index (κ3) is 3.29. The number of hydrogen-bond donors (Lipinski definition) is 2. The number of hydrogen-bond acceptors (Lipinski definition) is 3. The van der Waals surface area contributed by atoms with Crippen molar-refractivity contribution in [2.75, 3.05) is 17.7 Å². The summed E-state index contributed by atoms with van der Waals surface area (Å²) in [4.78, 5) is 4.18. The lowest BCUT2D eigenvalue weighted by atomic mass is 10.2. The maximum atomic E-state index is 14.2. The van der Waals surface area contributed by atoms with Crippen LogP contribution in [0.2, 0.25) is 0 Å². The number of imidazole rings is 1. The monoisotopic (exact) mass is 297 g/mol. The number of aliphatic hydroxyl groups excluding tert-OH is 1. The minimum absolute atomic E-state index is 0.141. The van der Waals surface area contributed by atoms with Gasteiger partial charge in [0.2, 0.25) is 0 Å². The van der Waals surface area contributed by atoms with Crippen molar-refractivity contribution >= 4 is 17.3 Å². The molecule has 0 spiro atoms. The molecule has 2 aromatic rings. The van der Waals surface area contributed by atoms with Crippen LogP contribution < -0.4 is 5.32 Å². The highest BCUT2D eigenvalue weighted by Gasteiger charge is 2.09. The Labute approximate surface area is 122 Å². The average Bonchev–Trinajstić information content (AvgIpc) is 2.93. The number of alkyl halides is 1. The zero-order valence-electron chi connectivity index (χ0n) is 11.2. The second-order valence-corrected chi connectivity index (χ2v) is 4.73. The van der Waals surface area contributed by atoms with E-state index in [1.54, 1.807) is 29.1 Å². The lowest BCUT2D eigenvalue weighted by Gasteiger charge is -2.12. The van der Waals surface area contributed by atoms with Crippen LogP contribution in [0.5, 0.6) is 0 Å². The molecule has 6 heteroatoms. The number of aryl methyl sites for hydroxylation is 1. The molecule has 0 saturated heterocycles. The van der Waals surface area contributed by atoms with Gasteiger partial charge in [0.05, 0.1) is 17.7 Å². The number of rotatable bonds is 6. The topological polar surface area (TPSA) is 50.1 Å². The molecule has 4 nitrogen and oxygen atoms in total. The number of anilines is 1. The van der Waals surface area contributed by atoms with Crippen LogP contribution in [0.4, 0.5) is 10.1 Å². The van der Waals surface area contributed by atoms with E-state index in [1.165, 1.54) is 6.07 Å². The molecule has 0 fully saturated rings. The Balaban J connectivity index is 2.18. The number of benzene rings is 1. The number of aromatic nitrogens is 2. The van der Waals surface area contributed by atoms with Crippen molar-refractivity contribution in [2.45, 2.75) is 19.4 Å². The Bertz CT molecular complexity index is 573. The van der Waals surface area contributed by atoms with Crippen LogP contribution in [-0.4, -0.2) is 33.2 Å². The van der Waals surface area contributed by atoms with Crippen LogP contribution in [0, 0.1) is 5.82 Å². The Morgan fingerprint density at radius 2 is 2.30 bits per heavy atom. The number of nitrogens with zero attached hydrogens (tertiary/aromatic N) is 2. The summed E-state index contributed by atoms with van der Waals surface area (Å²) in [6.07, 6.45) is 3.47. The van der Waals surface area contributed by atoms with E-state index in [4.69, 9.17) is 11.6 Å². The fourth-order valence-electron chi connectivity index (χ4n) is 1.92. The van der Waals surface area contributed by atoms with Gasteiger partial charge >= 0.3 is 0 Å². The molecule has 2 N–H and O–H groups in total. The standard InChI is InChI=1S/C14H17ClFN3O/c1-2-14-17-5-6-19(14)13-4-3-10(7-12(13)16)18-9-11(20)8-15/h3-7,11,18,20H,2,8-9H2,1H3. The fraction of sp³-hybridized carbons (Fsp3) is 0.357. The van der Waals surface area contributed by atoms with Gasteiger partial charge in [-0.1, -0.05) is 6.92 Å². The molecule has 0 aliphatic carbocycles. The molecule has 0 aliphatic heterocycles. The normalized spacial score (nSPS) is 12.4. The summed E-state index contributed by atoms with van der Waals surface area (Å²) in [5.74, 6) is 0.605. The van der Waals surface area contributed by atoms with Crippen molar-refractivity contribution in [3.05, 3.63) is 42.2 Å². The van der Waals surface area contributed by atoms with Gasteiger partial charge in [-0.3, -0.25) is 0 Å². The Kier molecular flexibility index (Phi) is 4.98. The van der Waals surface area contributed by atoms with E-state index in [-0.39, 0.29) is 18.2 Å². The summed E-state index contributed by atoms with van der Waals surface area (Å²) < 4.78 is 15.9. The van der Waals surface area contributed by atoms with E-state index < -0.39 is 6.10 Å². The van der Waals surface area contributed by atoms with Crippen molar-refractivity contribution in [1.29, 1.82) is 0 Å². The first-order chi connectivity index (χ1) is 9.65. The van der Waals surface area contributed by atoms with Gasteiger partial charge in [-0.2, -0.15) is 0 Å². The molecular formula is C14H17ClFN3O. The van der Waals surface area contributed by atoms with Crippen LogP contribution >= 0.6 is 11.6 Å². The minimum Gasteiger partial charge on any atom is -0.390 e. The summed E-state index contributed by atoms with van der Waals surface area (Å²) in [5.41, 5.74) is 1.07. The summed E-state index contributed by atoms with van der Waals surface area (Å²) in [5, 5.41) is 12.3. The lowest BCUT2D eigenvalue weighted by Crippen LogP contribution is -2.20. The molecular weight excluding hydrogens is 281 g/mol. The number of aliphatic hydroxyl groups is 1. The second-order valence-electron chi connectivity index (χ2n) is 4.42. The van der Waals surface area contributed by atoms with Crippen LogP contribution in [0.15, 0.2) is 30.6 Å². The summed E-state index contributed by atoms with van der Waals surface area (Å²) in [6, 6.07) is 4.85. The molecule has 0 saturated carbocycles. The molecule has 1 aromatic carbocycles. The van der Waals surface area contributed by atoms with Crippen LogP contribution in [0.3, 0.4) is 0 Å². The molecule has 1 aromatic heterocycles. The molecule has 0 bridgehead atoms. The van der Waals surface area contributed by atoms with Gasteiger partial charge in [-0.25, -0.2) is 9.37 Å². The first-order valence-electron chi connectivity index (χ1n) is 6.45. The molecule has 1 atom stereocenters. The summed E-state index contributed by atoms with van der Waals surface area (Å²) in [7, 11) is 0. The SMILES string of the molecule is CCc1nccn1-c1ccc(NCC(O)CCl)cc1F. The Morgan fingerprint density at radius 1 is 1.50 bits per heavy atom. The van der Waals surface area contributed by atoms with Gasteiger partial charge in [0.1, 0.15) is 11.6 Å². The third-order valence-corrected chi connectivity index (χ3v) is 3.32. The highest BCUT2D eigenvalue weighted by molar-refractivity contribution is 6.18. The highest BCUT2D eigenvalue weighted by Crippen LogP contribution is 2.19. The van der Waals surface area contributed by atoms with Crippen molar-refractivity contribution in [3.63, 3.8) is 0 Å². The van der Waals surface area contributed by atoms with E-state index >= 15 is 0 Å². The van der Waals surface area contributed by atoms with Gasteiger partial charge in [0.25, 0.3) is 0 Å². The molecule has 1 unspecified atom stereocenters. The van der Waals surface area contributed by atoms with E-state index in [1.807, 2.05) is 6.92 Å². The lowest BCUT2D eigenvalue weighted by molar-refractivity contribution is 0.211. The maximum absolute atomic E-state index is 14.2. The van der Waals surface area contributed by atoms with E-state index in [2.05, 4.69) is 10.3 Å². The number of halogens is 2. The van der Waals surface area contributed by atoms with Gasteiger partial charge < -0.3 is 15.0 Å². The summed E-state index contributed by atoms with van der Waals surface area (Å²) in [6.45, 7) is 2.26. The highest BCUT2D eigenvalue weighted by atomic mass is 35.5.